The Labute approximate surface area is 187 Å². The Morgan fingerprint density at radius 2 is 1.74 bits per heavy atom. The fourth-order valence-electron chi connectivity index (χ4n) is 3.12. The molecule has 2 N–H and O–H groups in total. The van der Waals surface area contributed by atoms with Crippen LogP contribution in [0.5, 0.6) is 0 Å². The lowest BCUT2D eigenvalue weighted by Gasteiger charge is -2.26. The topological polar surface area (TPSA) is 95.6 Å². The summed E-state index contributed by atoms with van der Waals surface area (Å²) >= 11 is 1.84. The first-order valence-corrected chi connectivity index (χ1v) is 12.5. The number of carbonyl (C=O) groups is 2. The van der Waals surface area contributed by atoms with E-state index in [0.29, 0.717) is 16.8 Å². The molecule has 0 atom stereocenters. The SMILES string of the molecule is C=CCNS(=O)(=O)c1ccc(C(=O)Nc2ccc(C(=O)N3CCSCC3)cc2C)cc1. The van der Waals surface area contributed by atoms with Crippen LogP contribution in [0.25, 0.3) is 0 Å². The van der Waals surface area contributed by atoms with E-state index in [-0.39, 0.29) is 23.3 Å². The summed E-state index contributed by atoms with van der Waals surface area (Å²) in [5.74, 6) is 1.54. The van der Waals surface area contributed by atoms with Crippen molar-refractivity contribution in [2.24, 2.45) is 0 Å². The molecule has 0 aliphatic carbocycles. The van der Waals surface area contributed by atoms with Crippen LogP contribution in [0.2, 0.25) is 0 Å². The number of rotatable bonds is 7. The summed E-state index contributed by atoms with van der Waals surface area (Å²) in [6.45, 7) is 6.93. The third kappa shape index (κ3) is 5.75. The molecule has 1 heterocycles. The van der Waals surface area contributed by atoms with E-state index >= 15 is 0 Å². The molecule has 2 aromatic carbocycles. The van der Waals surface area contributed by atoms with Gasteiger partial charge in [-0.2, -0.15) is 11.8 Å². The van der Waals surface area contributed by atoms with Crippen molar-refractivity contribution in [3.8, 4) is 0 Å². The smallest absolute Gasteiger partial charge is 0.255 e. The van der Waals surface area contributed by atoms with Crippen molar-refractivity contribution in [3.63, 3.8) is 0 Å². The zero-order valence-electron chi connectivity index (χ0n) is 17.3. The minimum Gasteiger partial charge on any atom is -0.337 e. The minimum atomic E-state index is -3.64. The number of anilines is 1. The van der Waals surface area contributed by atoms with Gasteiger partial charge in [0.15, 0.2) is 0 Å². The van der Waals surface area contributed by atoms with E-state index in [2.05, 4.69) is 16.6 Å². The molecule has 0 saturated carbocycles. The second kappa shape index (κ2) is 10.1. The lowest BCUT2D eigenvalue weighted by atomic mass is 10.1. The lowest BCUT2D eigenvalue weighted by Crippen LogP contribution is -2.37. The third-order valence-electron chi connectivity index (χ3n) is 4.86. The summed E-state index contributed by atoms with van der Waals surface area (Å²) in [5, 5.41) is 2.82. The molecule has 2 amide bonds. The van der Waals surface area contributed by atoms with Crippen LogP contribution in [-0.4, -0.2) is 56.3 Å². The third-order valence-corrected chi connectivity index (χ3v) is 7.25. The molecular formula is C22H25N3O4S2. The maximum atomic E-state index is 12.7. The lowest BCUT2D eigenvalue weighted by molar-refractivity contribution is 0.0772. The molecule has 1 saturated heterocycles. The number of aryl methyl sites for hydroxylation is 1. The Hall–Kier alpha value is -2.62. The molecule has 7 nitrogen and oxygen atoms in total. The van der Waals surface area contributed by atoms with Gasteiger partial charge in [0, 0.05) is 48.0 Å². The Kier molecular flexibility index (Phi) is 7.53. The van der Waals surface area contributed by atoms with Crippen molar-refractivity contribution in [1.82, 2.24) is 9.62 Å². The molecule has 2 aromatic rings. The maximum absolute atomic E-state index is 12.7. The van der Waals surface area contributed by atoms with Crippen LogP contribution < -0.4 is 10.0 Å². The van der Waals surface area contributed by atoms with Gasteiger partial charge in [0.1, 0.15) is 0 Å². The fourth-order valence-corrected chi connectivity index (χ4v) is 5.02. The van der Waals surface area contributed by atoms with Crippen molar-refractivity contribution in [1.29, 1.82) is 0 Å². The number of benzene rings is 2. The highest BCUT2D eigenvalue weighted by Crippen LogP contribution is 2.20. The zero-order valence-corrected chi connectivity index (χ0v) is 18.9. The predicted molar refractivity (Wildman–Crippen MR) is 124 cm³/mol. The van der Waals surface area contributed by atoms with E-state index < -0.39 is 10.0 Å². The van der Waals surface area contributed by atoms with Crippen LogP contribution >= 0.6 is 11.8 Å². The Morgan fingerprint density at radius 3 is 2.35 bits per heavy atom. The summed E-state index contributed by atoms with van der Waals surface area (Å²) in [4.78, 5) is 27.2. The quantitative estimate of drug-likeness (QED) is 0.621. The molecule has 31 heavy (non-hydrogen) atoms. The number of amides is 2. The number of thioether (sulfide) groups is 1. The Morgan fingerprint density at radius 1 is 1.10 bits per heavy atom. The highest BCUT2D eigenvalue weighted by Gasteiger charge is 2.19. The van der Waals surface area contributed by atoms with Gasteiger partial charge < -0.3 is 10.2 Å². The molecule has 164 valence electrons. The first kappa shape index (κ1) is 23.1. The van der Waals surface area contributed by atoms with Crippen molar-refractivity contribution in [2.75, 3.05) is 36.5 Å². The average Bonchev–Trinajstić information content (AvgIpc) is 2.79. The van der Waals surface area contributed by atoms with Gasteiger partial charge in [-0.25, -0.2) is 13.1 Å². The summed E-state index contributed by atoms with van der Waals surface area (Å²) in [6.07, 6.45) is 1.45. The Balaban J connectivity index is 1.68. The number of carbonyl (C=O) groups excluding carboxylic acids is 2. The molecule has 3 rings (SSSR count). The predicted octanol–water partition coefficient (Wildman–Crippen LogP) is 2.90. The van der Waals surface area contributed by atoms with E-state index in [4.69, 9.17) is 0 Å². The van der Waals surface area contributed by atoms with Crippen molar-refractivity contribution < 1.29 is 18.0 Å². The van der Waals surface area contributed by atoms with E-state index in [1.807, 2.05) is 23.6 Å². The van der Waals surface area contributed by atoms with E-state index in [9.17, 15) is 18.0 Å². The monoisotopic (exact) mass is 459 g/mol. The van der Waals surface area contributed by atoms with Gasteiger partial charge >= 0.3 is 0 Å². The number of nitrogens with zero attached hydrogens (tertiary/aromatic N) is 1. The number of nitrogens with one attached hydrogen (secondary N) is 2. The molecule has 1 aliphatic rings. The molecule has 0 unspecified atom stereocenters. The van der Waals surface area contributed by atoms with Gasteiger partial charge in [0.25, 0.3) is 11.8 Å². The number of hydrogen-bond acceptors (Lipinski definition) is 5. The second-order valence-corrected chi connectivity index (χ2v) is 10.0. The Bertz CT molecular complexity index is 1080. The van der Waals surface area contributed by atoms with Crippen molar-refractivity contribution in [3.05, 3.63) is 71.8 Å². The van der Waals surface area contributed by atoms with E-state index in [0.717, 1.165) is 30.2 Å². The summed E-state index contributed by atoms with van der Waals surface area (Å²) in [6, 6.07) is 10.9. The normalized spacial score (nSPS) is 14.2. The summed E-state index contributed by atoms with van der Waals surface area (Å²) < 4.78 is 26.6. The van der Waals surface area contributed by atoms with Gasteiger partial charge in [-0.05, 0) is 55.0 Å². The summed E-state index contributed by atoms with van der Waals surface area (Å²) in [5.41, 5.74) is 2.30. The van der Waals surface area contributed by atoms with Gasteiger partial charge in [0.2, 0.25) is 10.0 Å². The molecule has 1 fully saturated rings. The molecule has 0 spiro atoms. The molecule has 9 heteroatoms. The maximum Gasteiger partial charge on any atom is 0.255 e. The first-order chi connectivity index (χ1) is 14.8. The fraction of sp³-hybridized carbons (Fsp3) is 0.273. The van der Waals surface area contributed by atoms with Gasteiger partial charge in [0.05, 0.1) is 4.90 Å². The molecule has 0 radical (unpaired) electrons. The van der Waals surface area contributed by atoms with Gasteiger partial charge in [-0.1, -0.05) is 6.08 Å². The highest BCUT2D eigenvalue weighted by molar-refractivity contribution is 7.99. The van der Waals surface area contributed by atoms with Gasteiger partial charge in [-0.3, -0.25) is 9.59 Å². The molecule has 0 bridgehead atoms. The molecule has 0 aromatic heterocycles. The van der Waals surface area contributed by atoms with Crippen molar-refractivity contribution in [2.45, 2.75) is 11.8 Å². The molecule has 1 aliphatic heterocycles. The standard InChI is InChI=1S/C22H25N3O4S2/c1-3-10-23-31(28,29)19-7-4-17(5-8-19)21(26)24-20-9-6-18(15-16(20)2)22(27)25-11-13-30-14-12-25/h3-9,15,23H,1,10-14H2,2H3,(H,24,26). The van der Waals surface area contributed by atoms with Gasteiger partial charge in [-0.15, -0.1) is 6.58 Å². The number of sulfonamides is 1. The van der Waals surface area contributed by atoms with Crippen LogP contribution in [0.4, 0.5) is 5.69 Å². The average molecular weight is 460 g/mol. The highest BCUT2D eigenvalue weighted by atomic mass is 32.2. The number of hydrogen-bond donors (Lipinski definition) is 2. The van der Waals surface area contributed by atoms with Crippen LogP contribution in [-0.2, 0) is 10.0 Å². The summed E-state index contributed by atoms with van der Waals surface area (Å²) in [7, 11) is -3.64. The van der Waals surface area contributed by atoms with Crippen LogP contribution in [0.15, 0.2) is 60.0 Å². The van der Waals surface area contributed by atoms with Crippen LogP contribution in [0.1, 0.15) is 26.3 Å². The minimum absolute atomic E-state index is 0.00291. The molecular weight excluding hydrogens is 434 g/mol. The van der Waals surface area contributed by atoms with E-state index in [1.54, 1.807) is 18.2 Å². The second-order valence-electron chi connectivity index (χ2n) is 7.05. The van der Waals surface area contributed by atoms with Crippen LogP contribution in [0.3, 0.4) is 0 Å². The van der Waals surface area contributed by atoms with Crippen LogP contribution in [0, 0.1) is 6.92 Å². The zero-order chi connectivity index (χ0) is 22.4. The first-order valence-electron chi connectivity index (χ1n) is 9.81. The largest absolute Gasteiger partial charge is 0.337 e. The van der Waals surface area contributed by atoms with E-state index in [1.165, 1.54) is 30.3 Å². The van der Waals surface area contributed by atoms with Crippen molar-refractivity contribution >= 4 is 39.3 Å².